The van der Waals surface area contributed by atoms with Gasteiger partial charge in [-0.05, 0) is 12.1 Å². The predicted octanol–water partition coefficient (Wildman–Crippen LogP) is 0.555. The number of hydrogen-bond donors (Lipinski definition) is 1. The van der Waals surface area contributed by atoms with Gasteiger partial charge in [0.1, 0.15) is 11.6 Å². The summed E-state index contributed by atoms with van der Waals surface area (Å²) in [6, 6.07) is 3.03. The molecule has 5 heteroatoms. The van der Waals surface area contributed by atoms with Crippen LogP contribution in [-0.4, -0.2) is 27.7 Å². The maximum atomic E-state index is 13.0. The lowest BCUT2D eigenvalue weighted by Gasteiger charge is -2.25. The van der Waals surface area contributed by atoms with E-state index in [0.717, 1.165) is 18.9 Å². The third-order valence-electron chi connectivity index (χ3n) is 2.54. The van der Waals surface area contributed by atoms with Gasteiger partial charge in [-0.15, -0.1) is 10.2 Å². The highest BCUT2D eigenvalue weighted by Crippen LogP contribution is 2.18. The van der Waals surface area contributed by atoms with Gasteiger partial charge in [-0.25, -0.2) is 4.39 Å². The molecule has 1 aliphatic heterocycles. The van der Waals surface area contributed by atoms with Gasteiger partial charge in [-0.1, -0.05) is 0 Å². The fourth-order valence-corrected chi connectivity index (χ4v) is 1.63. The minimum Gasteiger partial charge on any atom is -0.315 e. The van der Waals surface area contributed by atoms with Gasteiger partial charge in [0.2, 0.25) is 0 Å². The van der Waals surface area contributed by atoms with E-state index in [2.05, 4.69) is 15.5 Å². The minimum absolute atomic E-state index is 0.258. The lowest BCUT2D eigenvalue weighted by molar-refractivity contribution is 0.426. The van der Waals surface area contributed by atoms with Gasteiger partial charge < -0.3 is 5.32 Å². The maximum Gasteiger partial charge on any atom is 0.160 e. The number of halogens is 1. The Bertz CT molecular complexity index is 475. The Morgan fingerprint density at radius 1 is 1.36 bits per heavy atom. The van der Waals surface area contributed by atoms with Crippen molar-refractivity contribution in [1.82, 2.24) is 19.9 Å². The average molecular weight is 192 g/mol. The fraction of sp³-hybridized carbons (Fsp3) is 0.333. The first kappa shape index (κ1) is 7.87. The first-order valence-electron chi connectivity index (χ1n) is 4.55. The standard InChI is InChI=1S/C9H9FN4/c10-7-1-2-8-12-13-9(14(8)5-7)6-3-11-4-6/h1-2,5-6,11H,3-4H2. The van der Waals surface area contributed by atoms with Gasteiger partial charge in [0.05, 0.1) is 0 Å². The molecule has 0 amide bonds. The molecule has 0 atom stereocenters. The van der Waals surface area contributed by atoms with E-state index in [-0.39, 0.29) is 5.82 Å². The second kappa shape index (κ2) is 2.75. The number of aromatic nitrogens is 3. The molecule has 1 N–H and O–H groups in total. The van der Waals surface area contributed by atoms with Crippen molar-refractivity contribution in [1.29, 1.82) is 0 Å². The minimum atomic E-state index is -0.258. The van der Waals surface area contributed by atoms with Crippen LogP contribution in [0, 0.1) is 5.82 Å². The summed E-state index contributed by atoms with van der Waals surface area (Å²) in [4.78, 5) is 0. The topological polar surface area (TPSA) is 42.2 Å². The Hall–Kier alpha value is -1.49. The second-order valence-electron chi connectivity index (χ2n) is 3.49. The van der Waals surface area contributed by atoms with Crippen LogP contribution in [0.2, 0.25) is 0 Å². The smallest absolute Gasteiger partial charge is 0.160 e. The summed E-state index contributed by atoms with van der Waals surface area (Å²) in [5.74, 6) is 0.955. The Kier molecular flexibility index (Phi) is 1.55. The van der Waals surface area contributed by atoms with Crippen LogP contribution in [0.3, 0.4) is 0 Å². The molecular formula is C9H9FN4. The Labute approximate surface area is 79.8 Å². The van der Waals surface area contributed by atoms with Crippen LogP contribution >= 0.6 is 0 Å². The van der Waals surface area contributed by atoms with E-state index >= 15 is 0 Å². The van der Waals surface area contributed by atoms with E-state index in [4.69, 9.17) is 0 Å². The van der Waals surface area contributed by atoms with Crippen LogP contribution in [0.1, 0.15) is 11.7 Å². The molecule has 1 fully saturated rings. The number of pyridine rings is 1. The average Bonchev–Trinajstić information content (AvgIpc) is 2.46. The molecule has 2 aromatic rings. The van der Waals surface area contributed by atoms with E-state index in [0.29, 0.717) is 11.6 Å². The number of hydrogen-bond acceptors (Lipinski definition) is 3. The van der Waals surface area contributed by atoms with Crippen molar-refractivity contribution >= 4 is 5.65 Å². The van der Waals surface area contributed by atoms with Crippen LogP contribution in [0.5, 0.6) is 0 Å². The molecule has 0 aliphatic carbocycles. The summed E-state index contributed by atoms with van der Waals surface area (Å²) in [5, 5.41) is 11.2. The van der Waals surface area contributed by atoms with E-state index in [1.165, 1.54) is 12.3 Å². The zero-order chi connectivity index (χ0) is 9.54. The molecule has 0 aromatic carbocycles. The Morgan fingerprint density at radius 3 is 2.93 bits per heavy atom. The molecule has 3 rings (SSSR count). The molecule has 1 aliphatic rings. The predicted molar refractivity (Wildman–Crippen MR) is 48.6 cm³/mol. The molecule has 0 bridgehead atoms. The lowest BCUT2D eigenvalue weighted by Crippen LogP contribution is -2.40. The summed E-state index contributed by atoms with van der Waals surface area (Å²) in [5.41, 5.74) is 0.702. The molecule has 3 heterocycles. The Balaban J connectivity index is 2.18. The van der Waals surface area contributed by atoms with Gasteiger partial charge in [0.15, 0.2) is 5.65 Å². The quantitative estimate of drug-likeness (QED) is 0.717. The second-order valence-corrected chi connectivity index (χ2v) is 3.49. The normalized spacial score (nSPS) is 17.2. The Morgan fingerprint density at radius 2 is 2.21 bits per heavy atom. The monoisotopic (exact) mass is 192 g/mol. The van der Waals surface area contributed by atoms with Crippen molar-refractivity contribution in [3.63, 3.8) is 0 Å². The molecule has 4 nitrogen and oxygen atoms in total. The van der Waals surface area contributed by atoms with Gasteiger partial charge in [0, 0.05) is 25.2 Å². The van der Waals surface area contributed by atoms with Crippen molar-refractivity contribution in [2.24, 2.45) is 0 Å². The molecule has 0 unspecified atom stereocenters. The summed E-state index contributed by atoms with van der Waals surface area (Å²) in [6.07, 6.45) is 1.43. The molecule has 0 spiro atoms. The number of nitrogens with one attached hydrogen (secondary N) is 1. The molecule has 0 saturated carbocycles. The molecule has 1 saturated heterocycles. The van der Waals surface area contributed by atoms with Crippen molar-refractivity contribution in [2.75, 3.05) is 13.1 Å². The van der Waals surface area contributed by atoms with Gasteiger partial charge in [-0.3, -0.25) is 4.40 Å². The fourth-order valence-electron chi connectivity index (χ4n) is 1.63. The van der Waals surface area contributed by atoms with Crippen LogP contribution < -0.4 is 5.32 Å². The molecule has 72 valence electrons. The van der Waals surface area contributed by atoms with Crippen molar-refractivity contribution in [3.8, 4) is 0 Å². The molecule has 14 heavy (non-hydrogen) atoms. The van der Waals surface area contributed by atoms with E-state index in [1.807, 2.05) is 0 Å². The number of fused-ring (bicyclic) bond motifs is 1. The van der Waals surface area contributed by atoms with Gasteiger partial charge in [-0.2, -0.15) is 0 Å². The molecular weight excluding hydrogens is 183 g/mol. The van der Waals surface area contributed by atoms with Gasteiger partial charge in [0.25, 0.3) is 0 Å². The third-order valence-corrected chi connectivity index (χ3v) is 2.54. The summed E-state index contributed by atoms with van der Waals surface area (Å²) < 4.78 is 14.7. The molecule has 2 aromatic heterocycles. The van der Waals surface area contributed by atoms with Crippen LogP contribution in [0.15, 0.2) is 18.3 Å². The highest BCUT2D eigenvalue weighted by Gasteiger charge is 2.23. The first-order chi connectivity index (χ1) is 6.84. The number of nitrogens with zero attached hydrogens (tertiary/aromatic N) is 3. The van der Waals surface area contributed by atoms with Crippen LogP contribution in [0.4, 0.5) is 4.39 Å². The van der Waals surface area contributed by atoms with Crippen LogP contribution in [0.25, 0.3) is 5.65 Å². The zero-order valence-electron chi connectivity index (χ0n) is 7.44. The van der Waals surface area contributed by atoms with Crippen molar-refractivity contribution in [3.05, 3.63) is 30.0 Å². The summed E-state index contributed by atoms with van der Waals surface area (Å²) in [7, 11) is 0. The van der Waals surface area contributed by atoms with E-state index in [1.54, 1.807) is 10.5 Å². The van der Waals surface area contributed by atoms with E-state index in [9.17, 15) is 4.39 Å². The van der Waals surface area contributed by atoms with Crippen LogP contribution in [-0.2, 0) is 0 Å². The summed E-state index contributed by atoms with van der Waals surface area (Å²) >= 11 is 0. The highest BCUT2D eigenvalue weighted by molar-refractivity contribution is 5.38. The number of rotatable bonds is 1. The maximum absolute atomic E-state index is 13.0. The molecule has 0 radical (unpaired) electrons. The SMILES string of the molecule is Fc1ccc2nnc(C3CNC3)n2c1. The van der Waals surface area contributed by atoms with Gasteiger partial charge >= 0.3 is 0 Å². The van der Waals surface area contributed by atoms with Crippen molar-refractivity contribution in [2.45, 2.75) is 5.92 Å². The highest BCUT2D eigenvalue weighted by atomic mass is 19.1. The summed E-state index contributed by atoms with van der Waals surface area (Å²) in [6.45, 7) is 1.80. The lowest BCUT2D eigenvalue weighted by atomic mass is 10.0. The first-order valence-corrected chi connectivity index (χ1v) is 4.55. The largest absolute Gasteiger partial charge is 0.315 e. The third kappa shape index (κ3) is 1.02. The van der Waals surface area contributed by atoms with E-state index < -0.39 is 0 Å². The van der Waals surface area contributed by atoms with Crippen molar-refractivity contribution < 1.29 is 4.39 Å². The zero-order valence-corrected chi connectivity index (χ0v) is 7.44.